The number of nitrogens with zero attached hydrogens (tertiary/aromatic N) is 1. The van der Waals surface area contributed by atoms with E-state index in [1.54, 1.807) is 36.4 Å². The highest BCUT2D eigenvalue weighted by molar-refractivity contribution is 7.80. The Kier molecular flexibility index (Phi) is 8.09. The summed E-state index contributed by atoms with van der Waals surface area (Å²) in [7, 11) is 0. The molecule has 2 atom stereocenters. The minimum absolute atomic E-state index is 0.141. The number of amides is 1. The van der Waals surface area contributed by atoms with Crippen LogP contribution in [0.4, 0.5) is 5.69 Å². The fourth-order valence-electron chi connectivity index (χ4n) is 3.14. The highest BCUT2D eigenvalue weighted by Crippen LogP contribution is 2.27. The Labute approximate surface area is 194 Å². The van der Waals surface area contributed by atoms with Gasteiger partial charge < -0.3 is 5.32 Å². The summed E-state index contributed by atoms with van der Waals surface area (Å²) in [4.78, 5) is 12.6. The molecule has 3 aromatic carbocycles. The third kappa shape index (κ3) is 6.08. The molecule has 3 aromatic rings. The van der Waals surface area contributed by atoms with Gasteiger partial charge in [0.1, 0.15) is 0 Å². The van der Waals surface area contributed by atoms with E-state index < -0.39 is 11.3 Å². The second-order valence-corrected chi connectivity index (χ2v) is 8.64. The van der Waals surface area contributed by atoms with Crippen molar-refractivity contribution >= 4 is 46.1 Å². The van der Waals surface area contributed by atoms with Gasteiger partial charge in [-0.3, -0.25) is 13.7 Å². The fraction of sp³-hybridized carbons (Fsp3) is 0.174. The number of benzene rings is 3. The Morgan fingerprint density at radius 3 is 2.35 bits per heavy atom. The minimum atomic E-state index is -2.23. The first-order valence-corrected chi connectivity index (χ1v) is 11.5. The molecule has 8 heteroatoms. The van der Waals surface area contributed by atoms with E-state index in [0.29, 0.717) is 27.7 Å². The van der Waals surface area contributed by atoms with Gasteiger partial charge in [0.05, 0.1) is 21.8 Å². The van der Waals surface area contributed by atoms with Crippen molar-refractivity contribution in [1.82, 2.24) is 5.32 Å². The quantitative estimate of drug-likeness (QED) is 0.411. The molecule has 0 aliphatic rings. The third-order valence-electron chi connectivity index (χ3n) is 4.87. The monoisotopic (exact) mass is 476 g/mol. The predicted molar refractivity (Wildman–Crippen MR) is 127 cm³/mol. The van der Waals surface area contributed by atoms with Crippen LogP contribution in [-0.2, 0) is 17.7 Å². The largest absolute Gasteiger partial charge is 0.346 e. The fourth-order valence-corrected chi connectivity index (χ4v) is 4.11. The maximum Gasteiger partial charge on any atom is 0.261 e. The number of rotatable bonds is 8. The van der Waals surface area contributed by atoms with Gasteiger partial charge in [-0.05, 0) is 54.8 Å². The second kappa shape index (κ2) is 10.8. The van der Waals surface area contributed by atoms with Crippen molar-refractivity contribution in [2.45, 2.75) is 19.4 Å². The Morgan fingerprint density at radius 2 is 1.71 bits per heavy atom. The summed E-state index contributed by atoms with van der Waals surface area (Å²) in [5, 5.41) is 3.83. The number of carbonyl (C=O) groups excluding carboxylic acids is 1. The SMILES string of the molecule is CC(NC(=O)c1ccc(N(CCc2cccc(Cl)c2Cl)S(=O)O)cc1)c1ccccc1. The topological polar surface area (TPSA) is 69.6 Å². The van der Waals surface area contributed by atoms with Crippen molar-refractivity contribution in [2.24, 2.45) is 0 Å². The van der Waals surface area contributed by atoms with E-state index in [1.165, 1.54) is 4.31 Å². The standard InChI is InChI=1S/C23H22Cl2N2O3S/c1-16(17-6-3-2-4-7-17)26-23(28)19-10-12-20(13-11-19)27(31(29)30)15-14-18-8-5-9-21(24)22(18)25/h2-13,16H,14-15H2,1H3,(H,26,28)(H,29,30). The van der Waals surface area contributed by atoms with Crippen LogP contribution in [-0.4, -0.2) is 21.2 Å². The number of halogens is 2. The molecule has 162 valence electrons. The van der Waals surface area contributed by atoms with Crippen LogP contribution >= 0.6 is 23.2 Å². The molecular formula is C23H22Cl2N2O3S. The van der Waals surface area contributed by atoms with Crippen molar-refractivity contribution in [1.29, 1.82) is 0 Å². The van der Waals surface area contributed by atoms with Gasteiger partial charge >= 0.3 is 0 Å². The van der Waals surface area contributed by atoms with Crippen LogP contribution in [0.1, 0.15) is 34.5 Å². The number of anilines is 1. The summed E-state index contributed by atoms with van der Waals surface area (Å²) < 4.78 is 23.0. The van der Waals surface area contributed by atoms with E-state index in [2.05, 4.69) is 5.32 Å². The predicted octanol–water partition coefficient (Wildman–Crippen LogP) is 5.67. The molecule has 0 aliphatic heterocycles. The van der Waals surface area contributed by atoms with Gasteiger partial charge in [0.25, 0.3) is 17.2 Å². The van der Waals surface area contributed by atoms with E-state index in [1.807, 2.05) is 43.3 Å². The zero-order valence-corrected chi connectivity index (χ0v) is 19.1. The molecule has 0 saturated heterocycles. The number of carbonyl (C=O) groups is 1. The maximum absolute atomic E-state index is 12.6. The summed E-state index contributed by atoms with van der Waals surface area (Å²) in [6, 6.07) is 21.4. The summed E-state index contributed by atoms with van der Waals surface area (Å²) >= 11 is 10.0. The number of nitrogens with one attached hydrogen (secondary N) is 1. The van der Waals surface area contributed by atoms with Crippen molar-refractivity contribution in [2.75, 3.05) is 10.8 Å². The Hall–Kier alpha value is -2.38. The highest BCUT2D eigenvalue weighted by atomic mass is 35.5. The van der Waals surface area contributed by atoms with Crippen molar-refractivity contribution in [3.05, 3.63) is 99.5 Å². The minimum Gasteiger partial charge on any atom is -0.346 e. The molecule has 0 spiro atoms. The van der Waals surface area contributed by atoms with E-state index in [9.17, 15) is 13.6 Å². The molecule has 0 radical (unpaired) electrons. The van der Waals surface area contributed by atoms with Crippen LogP contribution < -0.4 is 9.62 Å². The van der Waals surface area contributed by atoms with Gasteiger partial charge in [0.15, 0.2) is 0 Å². The van der Waals surface area contributed by atoms with Crippen LogP contribution in [0.5, 0.6) is 0 Å². The molecule has 0 aromatic heterocycles. The summed E-state index contributed by atoms with van der Waals surface area (Å²) in [5.74, 6) is -0.217. The molecule has 0 saturated carbocycles. The molecule has 0 bridgehead atoms. The van der Waals surface area contributed by atoms with Crippen molar-refractivity contribution in [3.8, 4) is 0 Å². The molecule has 3 rings (SSSR count). The van der Waals surface area contributed by atoms with Gasteiger partial charge in [0, 0.05) is 12.1 Å². The van der Waals surface area contributed by atoms with E-state index in [4.69, 9.17) is 23.2 Å². The van der Waals surface area contributed by atoms with Gasteiger partial charge in [-0.1, -0.05) is 65.7 Å². The summed E-state index contributed by atoms with van der Waals surface area (Å²) in [5.41, 5.74) is 2.78. The molecule has 2 unspecified atom stereocenters. The second-order valence-electron chi connectivity index (χ2n) is 6.95. The molecule has 5 nitrogen and oxygen atoms in total. The smallest absolute Gasteiger partial charge is 0.261 e. The van der Waals surface area contributed by atoms with Crippen molar-refractivity contribution < 1.29 is 13.6 Å². The molecule has 0 fully saturated rings. The molecule has 1 amide bonds. The lowest BCUT2D eigenvalue weighted by Crippen LogP contribution is -2.28. The van der Waals surface area contributed by atoms with Crippen LogP contribution in [0.15, 0.2) is 72.8 Å². The third-order valence-corrected chi connectivity index (χ3v) is 6.50. The van der Waals surface area contributed by atoms with Crippen LogP contribution in [0, 0.1) is 0 Å². The lowest BCUT2D eigenvalue weighted by atomic mass is 10.1. The van der Waals surface area contributed by atoms with E-state index >= 15 is 0 Å². The first kappa shape index (κ1) is 23.3. The average molecular weight is 477 g/mol. The number of hydrogen-bond donors (Lipinski definition) is 2. The first-order valence-electron chi connectivity index (χ1n) is 9.64. The molecule has 0 aliphatic carbocycles. The Morgan fingerprint density at radius 1 is 1.03 bits per heavy atom. The molecular weight excluding hydrogens is 455 g/mol. The van der Waals surface area contributed by atoms with Gasteiger partial charge in [-0.2, -0.15) is 0 Å². The van der Waals surface area contributed by atoms with Crippen molar-refractivity contribution in [3.63, 3.8) is 0 Å². The molecule has 2 N–H and O–H groups in total. The molecule has 0 heterocycles. The zero-order valence-electron chi connectivity index (χ0n) is 16.8. The lowest BCUT2D eigenvalue weighted by Gasteiger charge is -2.21. The first-order chi connectivity index (χ1) is 14.9. The summed E-state index contributed by atoms with van der Waals surface area (Å²) in [6.45, 7) is 2.17. The average Bonchev–Trinajstić information content (AvgIpc) is 2.77. The normalized spacial score (nSPS) is 12.8. The maximum atomic E-state index is 12.6. The van der Waals surface area contributed by atoms with E-state index in [-0.39, 0.29) is 18.5 Å². The van der Waals surface area contributed by atoms with Crippen LogP contribution in [0.3, 0.4) is 0 Å². The lowest BCUT2D eigenvalue weighted by molar-refractivity contribution is 0.0940. The molecule has 31 heavy (non-hydrogen) atoms. The van der Waals surface area contributed by atoms with Gasteiger partial charge in [-0.25, -0.2) is 4.21 Å². The van der Waals surface area contributed by atoms with Gasteiger partial charge in [0.2, 0.25) is 0 Å². The van der Waals surface area contributed by atoms with Crippen LogP contribution in [0.2, 0.25) is 10.0 Å². The zero-order chi connectivity index (χ0) is 22.4. The Bertz CT molecular complexity index is 1060. The van der Waals surface area contributed by atoms with Crippen LogP contribution in [0.25, 0.3) is 0 Å². The Balaban J connectivity index is 1.68. The number of hydrogen-bond acceptors (Lipinski definition) is 2. The van der Waals surface area contributed by atoms with E-state index in [0.717, 1.165) is 11.1 Å². The highest BCUT2D eigenvalue weighted by Gasteiger charge is 2.16. The van der Waals surface area contributed by atoms with Gasteiger partial charge in [-0.15, -0.1) is 0 Å². The summed E-state index contributed by atoms with van der Waals surface area (Å²) in [6.07, 6.45) is 0.433.